The summed E-state index contributed by atoms with van der Waals surface area (Å²) in [6.07, 6.45) is 4.30. The molecule has 0 N–H and O–H groups in total. The molecule has 0 amide bonds. The van der Waals surface area contributed by atoms with Gasteiger partial charge in [-0.2, -0.15) is 0 Å². The number of Topliss-reactive ketones (excluding diaryl/α,β-unsaturated/α-hetero) is 1. The van der Waals surface area contributed by atoms with Gasteiger partial charge in [-0.05, 0) is 43.0 Å². The van der Waals surface area contributed by atoms with Crippen molar-refractivity contribution >= 4 is 14.1 Å². The maximum Gasteiger partial charge on any atom is 0.192 e. The van der Waals surface area contributed by atoms with Crippen LogP contribution in [-0.2, 0) is 18.7 Å². The fourth-order valence-electron chi connectivity index (χ4n) is 2.40. The zero-order valence-electron chi connectivity index (χ0n) is 15.9. The van der Waals surface area contributed by atoms with E-state index in [1.807, 2.05) is 0 Å². The van der Waals surface area contributed by atoms with Crippen molar-refractivity contribution in [2.45, 2.75) is 71.4 Å². The number of carbonyl (C=O) groups is 1. The Hall–Kier alpha value is -0.493. The predicted molar refractivity (Wildman–Crippen MR) is 96.0 cm³/mol. The van der Waals surface area contributed by atoms with E-state index < -0.39 is 8.32 Å². The van der Waals surface area contributed by atoms with Crippen molar-refractivity contribution in [3.63, 3.8) is 0 Å². The van der Waals surface area contributed by atoms with Gasteiger partial charge in [0.15, 0.2) is 14.6 Å². The van der Waals surface area contributed by atoms with Crippen LogP contribution in [0.3, 0.4) is 0 Å². The summed E-state index contributed by atoms with van der Waals surface area (Å²) in [6, 6.07) is 0. The average molecular weight is 343 g/mol. The zero-order valence-corrected chi connectivity index (χ0v) is 16.9. The number of ketones is 1. The maximum atomic E-state index is 11.3. The highest BCUT2D eigenvalue weighted by Crippen LogP contribution is 2.37. The molecular weight excluding hydrogens is 308 g/mol. The molecule has 1 heterocycles. The second-order valence-electron chi connectivity index (χ2n) is 8.00. The largest absolute Gasteiger partial charge is 0.413 e. The zero-order chi connectivity index (χ0) is 17.7. The molecule has 134 valence electrons. The topological polar surface area (TPSA) is 44.8 Å². The van der Waals surface area contributed by atoms with Crippen molar-refractivity contribution in [1.82, 2.24) is 0 Å². The molecule has 4 nitrogen and oxygen atoms in total. The SMILES string of the molecule is CO[C@H]1C[C@H](CCC(C)=O)/C(=C\CO[Si](C)(C)C(C)(C)C)CO1. The van der Waals surface area contributed by atoms with Crippen LogP contribution in [-0.4, -0.2) is 40.7 Å². The van der Waals surface area contributed by atoms with Crippen LogP contribution < -0.4 is 0 Å². The van der Waals surface area contributed by atoms with E-state index in [1.165, 1.54) is 5.57 Å². The lowest BCUT2D eigenvalue weighted by Crippen LogP contribution is -2.40. The first-order valence-corrected chi connectivity index (χ1v) is 11.4. The van der Waals surface area contributed by atoms with E-state index in [4.69, 9.17) is 13.9 Å². The third-order valence-corrected chi connectivity index (χ3v) is 9.64. The Balaban J connectivity index is 2.68. The van der Waals surface area contributed by atoms with Crippen LogP contribution >= 0.6 is 0 Å². The normalized spacial score (nSPS) is 24.9. The first kappa shape index (κ1) is 20.6. The molecule has 1 rings (SSSR count). The lowest BCUT2D eigenvalue weighted by Gasteiger charge is -2.36. The van der Waals surface area contributed by atoms with E-state index in [9.17, 15) is 4.79 Å². The van der Waals surface area contributed by atoms with E-state index >= 15 is 0 Å². The van der Waals surface area contributed by atoms with Gasteiger partial charge in [-0.15, -0.1) is 0 Å². The number of ether oxygens (including phenoxy) is 2. The fraction of sp³-hybridized carbons (Fsp3) is 0.833. The summed E-state index contributed by atoms with van der Waals surface area (Å²) in [7, 11) is -0.0638. The van der Waals surface area contributed by atoms with Crippen LogP contribution in [0.1, 0.15) is 47.0 Å². The van der Waals surface area contributed by atoms with Gasteiger partial charge in [-0.1, -0.05) is 26.8 Å². The van der Waals surface area contributed by atoms with Crippen LogP contribution in [0.5, 0.6) is 0 Å². The van der Waals surface area contributed by atoms with Crippen LogP contribution in [0.15, 0.2) is 11.6 Å². The Bertz CT molecular complexity index is 423. The van der Waals surface area contributed by atoms with Crippen molar-refractivity contribution in [3.8, 4) is 0 Å². The van der Waals surface area contributed by atoms with Gasteiger partial charge < -0.3 is 18.7 Å². The highest BCUT2D eigenvalue weighted by atomic mass is 28.4. The lowest BCUT2D eigenvalue weighted by atomic mass is 9.88. The molecule has 0 saturated carbocycles. The van der Waals surface area contributed by atoms with E-state index in [0.717, 1.165) is 12.8 Å². The Labute approximate surface area is 142 Å². The van der Waals surface area contributed by atoms with Crippen molar-refractivity contribution in [2.24, 2.45) is 5.92 Å². The van der Waals surface area contributed by atoms with Gasteiger partial charge in [0.05, 0.1) is 13.2 Å². The van der Waals surface area contributed by atoms with Gasteiger partial charge in [0.1, 0.15) is 5.78 Å². The monoisotopic (exact) mass is 342 g/mol. The van der Waals surface area contributed by atoms with Crippen molar-refractivity contribution in [1.29, 1.82) is 0 Å². The maximum absolute atomic E-state index is 11.3. The molecule has 1 aliphatic heterocycles. The summed E-state index contributed by atoms with van der Waals surface area (Å²) in [5.74, 6) is 0.586. The smallest absolute Gasteiger partial charge is 0.192 e. The molecular formula is C18H34O4Si. The number of methoxy groups -OCH3 is 1. The van der Waals surface area contributed by atoms with E-state index in [0.29, 0.717) is 25.6 Å². The molecule has 23 heavy (non-hydrogen) atoms. The van der Waals surface area contributed by atoms with Crippen molar-refractivity contribution in [3.05, 3.63) is 11.6 Å². The van der Waals surface area contributed by atoms with Gasteiger partial charge in [-0.25, -0.2) is 0 Å². The minimum absolute atomic E-state index is 0.162. The first-order chi connectivity index (χ1) is 10.6. The van der Waals surface area contributed by atoms with Crippen LogP contribution in [0.25, 0.3) is 0 Å². The minimum Gasteiger partial charge on any atom is -0.413 e. The van der Waals surface area contributed by atoms with Crippen molar-refractivity contribution < 1.29 is 18.7 Å². The van der Waals surface area contributed by atoms with E-state index in [2.05, 4.69) is 39.9 Å². The molecule has 2 atom stereocenters. The molecule has 0 bridgehead atoms. The molecule has 0 unspecified atom stereocenters. The Morgan fingerprint density at radius 3 is 2.57 bits per heavy atom. The highest BCUT2D eigenvalue weighted by molar-refractivity contribution is 6.74. The number of carbonyl (C=O) groups excluding carboxylic acids is 1. The molecule has 1 aliphatic rings. The third-order valence-electron chi connectivity index (χ3n) is 5.14. The summed E-state index contributed by atoms with van der Waals surface area (Å²) in [4.78, 5) is 11.3. The molecule has 0 aromatic heterocycles. The van der Waals surface area contributed by atoms with E-state index in [1.54, 1.807) is 14.0 Å². The Morgan fingerprint density at radius 1 is 1.39 bits per heavy atom. The molecule has 0 aromatic carbocycles. The van der Waals surface area contributed by atoms with E-state index in [-0.39, 0.29) is 17.1 Å². The summed E-state index contributed by atoms with van der Waals surface area (Å²) in [5.41, 5.74) is 1.25. The second-order valence-corrected chi connectivity index (χ2v) is 12.8. The van der Waals surface area contributed by atoms with Crippen LogP contribution in [0.4, 0.5) is 0 Å². The average Bonchev–Trinajstić information content (AvgIpc) is 2.44. The third kappa shape index (κ3) is 6.49. The Kier molecular flexibility index (Phi) is 7.65. The molecule has 5 heteroatoms. The number of hydrogen-bond donors (Lipinski definition) is 0. The summed E-state index contributed by atoms with van der Waals surface area (Å²) in [6.45, 7) is 14.1. The highest BCUT2D eigenvalue weighted by Gasteiger charge is 2.37. The van der Waals surface area contributed by atoms with Gasteiger partial charge >= 0.3 is 0 Å². The number of rotatable bonds is 7. The first-order valence-electron chi connectivity index (χ1n) is 8.53. The lowest BCUT2D eigenvalue weighted by molar-refractivity contribution is -0.143. The van der Waals surface area contributed by atoms with Crippen LogP contribution in [0, 0.1) is 5.92 Å². The van der Waals surface area contributed by atoms with Gasteiger partial charge in [-0.3, -0.25) is 0 Å². The molecule has 1 fully saturated rings. The van der Waals surface area contributed by atoms with Crippen LogP contribution in [0.2, 0.25) is 18.1 Å². The molecule has 0 aromatic rings. The standard InChI is InChI=1S/C18H34O4Si/c1-14(19)8-9-15-12-17(20-5)21-13-16(15)10-11-22-23(6,7)18(2,3)4/h10,15,17H,8-9,11-13H2,1-7H3/b16-10-/t15-,17+/m0/s1. The molecule has 0 radical (unpaired) electrons. The van der Waals surface area contributed by atoms with Gasteiger partial charge in [0.25, 0.3) is 0 Å². The predicted octanol–water partition coefficient (Wildman–Crippen LogP) is 4.31. The summed E-state index contributed by atoms with van der Waals surface area (Å²) >= 11 is 0. The minimum atomic E-state index is -1.73. The van der Waals surface area contributed by atoms with Crippen molar-refractivity contribution in [2.75, 3.05) is 20.3 Å². The second kappa shape index (κ2) is 8.56. The summed E-state index contributed by atoms with van der Waals surface area (Å²) in [5, 5.41) is 0.212. The molecule has 0 aliphatic carbocycles. The van der Waals surface area contributed by atoms with Gasteiger partial charge in [0.2, 0.25) is 0 Å². The summed E-state index contributed by atoms with van der Waals surface area (Å²) < 4.78 is 17.3. The molecule has 1 saturated heterocycles. The Morgan fingerprint density at radius 2 is 2.04 bits per heavy atom. The molecule has 0 spiro atoms. The number of hydrogen-bond acceptors (Lipinski definition) is 4. The quantitative estimate of drug-likeness (QED) is 0.511. The van der Waals surface area contributed by atoms with Gasteiger partial charge in [0, 0.05) is 20.0 Å². The fourth-order valence-corrected chi connectivity index (χ4v) is 3.34.